The summed E-state index contributed by atoms with van der Waals surface area (Å²) in [7, 11) is 0. The van der Waals surface area contributed by atoms with Gasteiger partial charge in [0.2, 0.25) is 5.95 Å². The molecule has 1 heterocycles. The van der Waals surface area contributed by atoms with Gasteiger partial charge in [-0.1, -0.05) is 26.0 Å². The third kappa shape index (κ3) is 3.04. The maximum absolute atomic E-state index is 11.2. The molecule has 5 nitrogen and oxygen atoms in total. The maximum atomic E-state index is 11.2. The molecule has 0 spiro atoms. The van der Waals surface area contributed by atoms with E-state index in [0.717, 1.165) is 11.2 Å². The number of anilines is 2. The first-order valence-electron chi connectivity index (χ1n) is 7.54. The predicted molar refractivity (Wildman–Crippen MR) is 91.6 cm³/mol. The van der Waals surface area contributed by atoms with Crippen molar-refractivity contribution in [3.8, 4) is 0 Å². The number of nitrogens with zero attached hydrogens (tertiary/aromatic N) is 1. The number of rotatable bonds is 4. The fourth-order valence-electron chi connectivity index (χ4n) is 2.54. The van der Waals surface area contributed by atoms with Crippen molar-refractivity contribution in [3.63, 3.8) is 0 Å². The van der Waals surface area contributed by atoms with Crippen LogP contribution in [0, 0.1) is 6.92 Å². The third-order valence-electron chi connectivity index (χ3n) is 3.90. The SMILES string of the molecule is Cc1cc2[nH]c(Nc3ccc(C(C)C)cc3)nc2cc1C(=O)O. The molecule has 0 atom stereocenters. The van der Waals surface area contributed by atoms with Crippen molar-refractivity contribution in [1.29, 1.82) is 0 Å². The lowest BCUT2D eigenvalue weighted by molar-refractivity contribution is 0.0696. The van der Waals surface area contributed by atoms with Crippen LogP contribution in [0.3, 0.4) is 0 Å². The lowest BCUT2D eigenvalue weighted by atomic mass is 10.0. The second kappa shape index (κ2) is 5.76. The normalized spacial score (nSPS) is 11.1. The predicted octanol–water partition coefficient (Wildman–Crippen LogP) is 4.44. The molecule has 1 aromatic heterocycles. The van der Waals surface area contributed by atoms with Crippen LogP contribution in [0.15, 0.2) is 36.4 Å². The smallest absolute Gasteiger partial charge is 0.336 e. The number of imidazole rings is 1. The van der Waals surface area contributed by atoms with Crippen LogP contribution < -0.4 is 5.32 Å². The zero-order valence-electron chi connectivity index (χ0n) is 13.3. The number of carbonyl (C=O) groups is 1. The van der Waals surface area contributed by atoms with Crippen molar-refractivity contribution in [1.82, 2.24) is 9.97 Å². The number of benzene rings is 2. The summed E-state index contributed by atoms with van der Waals surface area (Å²) >= 11 is 0. The monoisotopic (exact) mass is 309 g/mol. The van der Waals surface area contributed by atoms with E-state index in [1.807, 2.05) is 12.1 Å². The molecule has 23 heavy (non-hydrogen) atoms. The summed E-state index contributed by atoms with van der Waals surface area (Å²) in [5, 5.41) is 12.4. The van der Waals surface area contributed by atoms with Gasteiger partial charge in [0.25, 0.3) is 0 Å². The van der Waals surface area contributed by atoms with Gasteiger partial charge in [-0.3, -0.25) is 0 Å². The Morgan fingerprint density at radius 2 is 1.91 bits per heavy atom. The molecular weight excluding hydrogens is 290 g/mol. The zero-order valence-corrected chi connectivity index (χ0v) is 13.3. The van der Waals surface area contributed by atoms with Crippen LogP contribution in [-0.4, -0.2) is 21.0 Å². The highest BCUT2D eigenvalue weighted by Gasteiger charge is 2.11. The van der Waals surface area contributed by atoms with Gasteiger partial charge in [-0.25, -0.2) is 9.78 Å². The maximum Gasteiger partial charge on any atom is 0.336 e. The van der Waals surface area contributed by atoms with Gasteiger partial charge >= 0.3 is 5.97 Å². The van der Waals surface area contributed by atoms with Crippen molar-refractivity contribution in [3.05, 3.63) is 53.1 Å². The Kier molecular flexibility index (Phi) is 3.78. The molecular formula is C18H19N3O2. The molecule has 0 aliphatic carbocycles. The number of H-pyrrole nitrogens is 1. The van der Waals surface area contributed by atoms with Crippen LogP contribution in [0.2, 0.25) is 0 Å². The number of hydrogen-bond donors (Lipinski definition) is 3. The third-order valence-corrected chi connectivity index (χ3v) is 3.90. The van der Waals surface area contributed by atoms with E-state index < -0.39 is 5.97 Å². The standard InChI is InChI=1S/C18H19N3O2/c1-10(2)12-4-6-13(7-5-12)19-18-20-15-8-11(3)14(17(22)23)9-16(15)21-18/h4-10H,1-3H3,(H,22,23)(H2,19,20,21). The van der Waals surface area contributed by atoms with E-state index in [-0.39, 0.29) is 5.56 Å². The molecule has 0 saturated heterocycles. The van der Waals surface area contributed by atoms with E-state index in [1.165, 1.54) is 5.56 Å². The quantitative estimate of drug-likeness (QED) is 0.666. The summed E-state index contributed by atoms with van der Waals surface area (Å²) in [6.45, 7) is 6.09. The minimum Gasteiger partial charge on any atom is -0.478 e. The highest BCUT2D eigenvalue weighted by Crippen LogP contribution is 2.23. The number of carboxylic acids is 1. The molecule has 0 unspecified atom stereocenters. The minimum atomic E-state index is -0.939. The van der Waals surface area contributed by atoms with Crippen LogP contribution in [0.1, 0.15) is 41.3 Å². The Labute approximate surface area is 134 Å². The molecule has 0 saturated carbocycles. The number of hydrogen-bond acceptors (Lipinski definition) is 3. The molecule has 0 aliphatic heterocycles. The van der Waals surface area contributed by atoms with Crippen molar-refractivity contribution in [2.75, 3.05) is 5.32 Å². The molecule has 0 amide bonds. The first-order valence-corrected chi connectivity index (χ1v) is 7.54. The van der Waals surface area contributed by atoms with Crippen molar-refractivity contribution in [2.24, 2.45) is 0 Å². The van der Waals surface area contributed by atoms with Crippen LogP contribution in [0.4, 0.5) is 11.6 Å². The molecule has 5 heteroatoms. The van der Waals surface area contributed by atoms with Gasteiger partial charge in [0.05, 0.1) is 16.6 Å². The summed E-state index contributed by atoms with van der Waals surface area (Å²) in [6.07, 6.45) is 0. The van der Waals surface area contributed by atoms with Crippen molar-refractivity contribution < 1.29 is 9.90 Å². The van der Waals surface area contributed by atoms with Gasteiger partial charge in [-0.2, -0.15) is 0 Å². The Hall–Kier alpha value is -2.82. The van der Waals surface area contributed by atoms with Crippen LogP contribution in [0.25, 0.3) is 11.0 Å². The number of aromatic carboxylic acids is 1. The summed E-state index contributed by atoms with van der Waals surface area (Å²) in [4.78, 5) is 18.8. The van der Waals surface area contributed by atoms with Gasteiger partial charge in [-0.15, -0.1) is 0 Å². The van der Waals surface area contributed by atoms with E-state index >= 15 is 0 Å². The van der Waals surface area contributed by atoms with Gasteiger partial charge in [0, 0.05) is 5.69 Å². The number of fused-ring (bicyclic) bond motifs is 1. The number of nitrogens with one attached hydrogen (secondary N) is 2. The first kappa shape index (κ1) is 15.1. The number of aromatic amines is 1. The summed E-state index contributed by atoms with van der Waals surface area (Å²) in [5.74, 6) is 0.151. The summed E-state index contributed by atoms with van der Waals surface area (Å²) < 4.78 is 0. The van der Waals surface area contributed by atoms with E-state index in [1.54, 1.807) is 19.1 Å². The molecule has 3 N–H and O–H groups in total. The molecule has 0 aliphatic rings. The number of aryl methyl sites for hydroxylation is 1. The molecule has 0 radical (unpaired) electrons. The van der Waals surface area contributed by atoms with E-state index in [0.29, 0.717) is 22.9 Å². The molecule has 2 aromatic carbocycles. The zero-order chi connectivity index (χ0) is 16.6. The van der Waals surface area contributed by atoms with Crippen molar-refractivity contribution >= 4 is 28.6 Å². The van der Waals surface area contributed by atoms with E-state index in [4.69, 9.17) is 0 Å². The fourth-order valence-corrected chi connectivity index (χ4v) is 2.54. The average molecular weight is 309 g/mol. The molecule has 3 aromatic rings. The molecule has 118 valence electrons. The lowest BCUT2D eigenvalue weighted by Crippen LogP contribution is -1.99. The molecule has 0 fully saturated rings. The van der Waals surface area contributed by atoms with Crippen molar-refractivity contribution in [2.45, 2.75) is 26.7 Å². The highest BCUT2D eigenvalue weighted by atomic mass is 16.4. The van der Waals surface area contributed by atoms with Gasteiger partial charge < -0.3 is 15.4 Å². The van der Waals surface area contributed by atoms with Gasteiger partial charge in [-0.05, 0) is 48.2 Å². The second-order valence-corrected chi connectivity index (χ2v) is 5.98. The van der Waals surface area contributed by atoms with Gasteiger partial charge in [0.1, 0.15) is 0 Å². The lowest BCUT2D eigenvalue weighted by Gasteiger charge is -2.07. The summed E-state index contributed by atoms with van der Waals surface area (Å²) in [5.41, 5.74) is 4.65. The van der Waals surface area contributed by atoms with Crippen LogP contribution >= 0.6 is 0 Å². The Morgan fingerprint density at radius 3 is 2.52 bits per heavy atom. The molecule has 0 bridgehead atoms. The van der Waals surface area contributed by atoms with E-state index in [2.05, 4.69) is 41.3 Å². The Morgan fingerprint density at radius 1 is 1.22 bits per heavy atom. The minimum absolute atomic E-state index is 0.275. The number of carboxylic acid groups (broad SMARTS) is 1. The van der Waals surface area contributed by atoms with Crippen LogP contribution in [0.5, 0.6) is 0 Å². The van der Waals surface area contributed by atoms with Gasteiger partial charge in [0.15, 0.2) is 0 Å². The first-order chi connectivity index (χ1) is 10.9. The Balaban J connectivity index is 1.90. The largest absolute Gasteiger partial charge is 0.478 e. The van der Waals surface area contributed by atoms with E-state index in [9.17, 15) is 9.90 Å². The fraction of sp³-hybridized carbons (Fsp3) is 0.222. The van der Waals surface area contributed by atoms with Crippen LogP contribution in [-0.2, 0) is 0 Å². The second-order valence-electron chi connectivity index (χ2n) is 5.98. The number of aromatic nitrogens is 2. The topological polar surface area (TPSA) is 78.0 Å². The summed E-state index contributed by atoms with van der Waals surface area (Å²) in [6, 6.07) is 11.6. The molecule has 3 rings (SSSR count). The average Bonchev–Trinajstić information content (AvgIpc) is 2.87. The highest BCUT2D eigenvalue weighted by molar-refractivity contribution is 5.94. The Bertz CT molecular complexity index is 864.